The molecule has 0 bridgehead atoms. The molecule has 1 aromatic rings. The number of methoxy groups -OCH3 is 1. The van der Waals surface area contributed by atoms with Crippen LogP contribution < -0.4 is 4.74 Å². The Balaban J connectivity index is 2.63. The quantitative estimate of drug-likeness (QED) is 0.534. The molecule has 134 valence electrons. The highest BCUT2D eigenvalue weighted by Gasteiger charge is 2.40. The number of hydrogen-bond donors (Lipinski definition) is 1. The molecule has 7 nitrogen and oxygen atoms in total. The third kappa shape index (κ3) is 3.30. The maximum Gasteiger partial charge on any atom is 0.333 e. The van der Waals surface area contributed by atoms with Crippen LogP contribution in [-0.4, -0.2) is 53.0 Å². The maximum atomic E-state index is 12.5. The molecule has 1 fully saturated rings. The molecule has 1 aliphatic rings. The highest BCUT2D eigenvalue weighted by atomic mass is 79.9. The number of phenolic OH excluding ortho intramolecular Hbond substituents is 1. The van der Waals surface area contributed by atoms with Gasteiger partial charge in [0.1, 0.15) is 5.57 Å². The summed E-state index contributed by atoms with van der Waals surface area (Å²) in [5.41, 5.74) is 0.309. The number of likely N-dealkylation sites (N-methyl/N-ethyl adjacent to an activating group) is 2. The largest absolute Gasteiger partial charge is 0.503 e. The summed E-state index contributed by atoms with van der Waals surface area (Å²) in [4.78, 5) is 39.3. The Morgan fingerprint density at radius 1 is 1.08 bits per heavy atom. The van der Waals surface area contributed by atoms with Crippen LogP contribution in [0.5, 0.6) is 11.5 Å². The van der Waals surface area contributed by atoms with E-state index in [1.54, 1.807) is 13.8 Å². The van der Waals surface area contributed by atoms with Gasteiger partial charge >= 0.3 is 6.03 Å². The van der Waals surface area contributed by atoms with Crippen LogP contribution in [0.25, 0.3) is 6.08 Å². The zero-order valence-corrected chi connectivity index (χ0v) is 17.0. The molecule has 1 aromatic carbocycles. The minimum Gasteiger partial charge on any atom is -0.503 e. The van der Waals surface area contributed by atoms with E-state index in [0.29, 0.717) is 14.5 Å². The van der Waals surface area contributed by atoms with Gasteiger partial charge in [0.05, 0.1) is 11.6 Å². The number of nitrogens with zero attached hydrogens (tertiary/aromatic N) is 2. The van der Waals surface area contributed by atoms with Gasteiger partial charge in [-0.3, -0.25) is 19.4 Å². The molecular weight excluding hydrogens is 460 g/mol. The second-order valence-corrected chi connectivity index (χ2v) is 6.67. The van der Waals surface area contributed by atoms with Gasteiger partial charge in [0.25, 0.3) is 11.8 Å². The first-order valence-electron chi connectivity index (χ1n) is 7.42. The molecule has 0 radical (unpaired) electrons. The van der Waals surface area contributed by atoms with E-state index in [2.05, 4.69) is 31.9 Å². The van der Waals surface area contributed by atoms with Gasteiger partial charge in [-0.15, -0.1) is 0 Å². The van der Waals surface area contributed by atoms with Crippen molar-refractivity contribution >= 4 is 55.8 Å². The third-order valence-corrected chi connectivity index (χ3v) is 5.90. The first-order chi connectivity index (χ1) is 11.8. The number of rotatable bonds is 4. The lowest BCUT2D eigenvalue weighted by molar-refractivity contribution is -0.135. The van der Waals surface area contributed by atoms with Crippen molar-refractivity contribution in [3.05, 3.63) is 26.1 Å². The van der Waals surface area contributed by atoms with Gasteiger partial charge in [-0.2, -0.15) is 0 Å². The highest BCUT2D eigenvalue weighted by molar-refractivity contribution is 9.13. The zero-order chi connectivity index (χ0) is 18.9. The van der Waals surface area contributed by atoms with Gasteiger partial charge in [-0.1, -0.05) is 0 Å². The van der Waals surface area contributed by atoms with Gasteiger partial charge in [-0.05, 0) is 63.4 Å². The number of hydrogen-bond acceptors (Lipinski definition) is 5. The fourth-order valence-electron chi connectivity index (χ4n) is 2.41. The van der Waals surface area contributed by atoms with E-state index < -0.39 is 17.8 Å². The second kappa shape index (κ2) is 7.57. The SMILES string of the molecule is CCN1C(=O)C(=Cc2cc(OC)c(O)c(Br)c2Br)C(=O)N(CC)C1=O. The molecule has 2 rings (SSSR count). The number of aromatic hydroxyl groups is 1. The average Bonchev–Trinajstić information content (AvgIpc) is 2.59. The number of ether oxygens (including phenoxy) is 1. The van der Waals surface area contributed by atoms with Crippen molar-refractivity contribution in [1.82, 2.24) is 9.80 Å². The predicted octanol–water partition coefficient (Wildman–Crippen LogP) is 3.14. The molecule has 0 saturated carbocycles. The fourth-order valence-corrected chi connectivity index (χ4v) is 3.25. The molecule has 0 atom stereocenters. The van der Waals surface area contributed by atoms with Crippen molar-refractivity contribution in [1.29, 1.82) is 0 Å². The molecule has 1 saturated heterocycles. The van der Waals surface area contributed by atoms with Crippen LogP contribution in [0.2, 0.25) is 0 Å². The molecule has 1 aliphatic heterocycles. The molecule has 1 N–H and O–H groups in total. The molecule has 4 amide bonds. The molecule has 1 heterocycles. The van der Waals surface area contributed by atoms with E-state index in [9.17, 15) is 19.5 Å². The van der Waals surface area contributed by atoms with E-state index in [1.807, 2.05) is 0 Å². The number of benzene rings is 1. The molecule has 0 spiro atoms. The second-order valence-electron chi connectivity index (χ2n) is 5.08. The smallest absolute Gasteiger partial charge is 0.333 e. The number of amides is 4. The minimum atomic E-state index is -0.655. The number of imide groups is 2. The van der Waals surface area contributed by atoms with Crippen molar-refractivity contribution in [3.63, 3.8) is 0 Å². The molecule has 0 aromatic heterocycles. The van der Waals surface area contributed by atoms with Crippen LogP contribution in [0, 0.1) is 0 Å². The number of phenols is 1. The summed E-state index contributed by atoms with van der Waals surface area (Å²) in [5.74, 6) is -1.25. The first-order valence-corrected chi connectivity index (χ1v) is 9.01. The fraction of sp³-hybridized carbons (Fsp3) is 0.312. The Kier molecular flexibility index (Phi) is 5.89. The summed E-state index contributed by atoms with van der Waals surface area (Å²) in [5, 5.41) is 9.99. The third-order valence-electron chi connectivity index (χ3n) is 3.74. The van der Waals surface area contributed by atoms with E-state index in [4.69, 9.17) is 4.74 Å². The monoisotopic (exact) mass is 474 g/mol. The van der Waals surface area contributed by atoms with Crippen LogP contribution in [0.1, 0.15) is 19.4 Å². The first kappa shape index (κ1) is 19.5. The lowest BCUT2D eigenvalue weighted by Crippen LogP contribution is -2.56. The van der Waals surface area contributed by atoms with Crippen molar-refractivity contribution in [2.24, 2.45) is 0 Å². The number of barbiturate groups is 1. The van der Waals surface area contributed by atoms with Crippen molar-refractivity contribution in [2.75, 3.05) is 20.2 Å². The molecule has 0 unspecified atom stereocenters. The van der Waals surface area contributed by atoms with Gasteiger partial charge in [0, 0.05) is 17.6 Å². The number of carbonyl (C=O) groups excluding carboxylic acids is 3. The summed E-state index contributed by atoms with van der Waals surface area (Å²) in [6.07, 6.45) is 1.37. The van der Waals surface area contributed by atoms with E-state index in [0.717, 1.165) is 9.80 Å². The zero-order valence-electron chi connectivity index (χ0n) is 13.8. The van der Waals surface area contributed by atoms with Crippen LogP contribution in [-0.2, 0) is 9.59 Å². The molecular formula is C16H16Br2N2O5. The summed E-state index contributed by atoms with van der Waals surface area (Å²) in [6.45, 7) is 3.63. The summed E-state index contributed by atoms with van der Waals surface area (Å²) < 4.78 is 5.86. The van der Waals surface area contributed by atoms with Crippen LogP contribution in [0.3, 0.4) is 0 Å². The lowest BCUT2D eigenvalue weighted by atomic mass is 10.1. The van der Waals surface area contributed by atoms with Crippen molar-refractivity contribution in [2.45, 2.75) is 13.8 Å². The standard InChI is InChI=1S/C16H16Br2N2O5/c1-4-19-14(22)9(15(23)20(5-2)16(19)24)6-8-7-10(25-3)13(21)12(18)11(8)17/h6-7,21H,4-5H2,1-3H3. The molecule has 25 heavy (non-hydrogen) atoms. The van der Waals surface area contributed by atoms with Crippen molar-refractivity contribution < 1.29 is 24.2 Å². The number of halogens is 2. The summed E-state index contributed by atoms with van der Waals surface area (Å²) >= 11 is 6.54. The highest BCUT2D eigenvalue weighted by Crippen LogP contribution is 2.42. The number of carbonyl (C=O) groups is 3. The number of urea groups is 1. The Morgan fingerprint density at radius 3 is 2.04 bits per heavy atom. The Labute approximate surface area is 161 Å². The van der Waals surface area contributed by atoms with Crippen molar-refractivity contribution in [3.8, 4) is 11.5 Å². The normalized spacial score (nSPS) is 15.1. The van der Waals surface area contributed by atoms with Gasteiger partial charge in [-0.25, -0.2) is 4.79 Å². The van der Waals surface area contributed by atoms with Gasteiger partial charge in [0.15, 0.2) is 11.5 Å². The lowest BCUT2D eigenvalue weighted by Gasteiger charge is -2.32. The Hall–Kier alpha value is -1.87. The maximum absolute atomic E-state index is 12.5. The predicted molar refractivity (Wildman–Crippen MR) is 98.2 cm³/mol. The topological polar surface area (TPSA) is 87.2 Å². The Bertz CT molecular complexity index is 763. The Morgan fingerprint density at radius 2 is 1.60 bits per heavy atom. The van der Waals surface area contributed by atoms with Gasteiger partial charge < -0.3 is 9.84 Å². The van der Waals surface area contributed by atoms with E-state index in [-0.39, 0.29) is 30.2 Å². The molecule has 0 aliphatic carbocycles. The van der Waals surface area contributed by atoms with Crippen LogP contribution in [0.15, 0.2) is 20.6 Å². The average molecular weight is 476 g/mol. The van der Waals surface area contributed by atoms with E-state index >= 15 is 0 Å². The van der Waals surface area contributed by atoms with Crippen LogP contribution >= 0.6 is 31.9 Å². The summed E-state index contributed by atoms with van der Waals surface area (Å²) in [7, 11) is 1.39. The van der Waals surface area contributed by atoms with E-state index in [1.165, 1.54) is 19.3 Å². The van der Waals surface area contributed by atoms with Crippen LogP contribution in [0.4, 0.5) is 4.79 Å². The van der Waals surface area contributed by atoms with Gasteiger partial charge in [0.2, 0.25) is 0 Å². The molecule has 9 heteroatoms. The summed E-state index contributed by atoms with van der Waals surface area (Å²) in [6, 6.07) is 0.862. The minimum absolute atomic E-state index is 0.113.